The standard InChI is InChI=1S/C23H16BrClN2O4S/c1-30-19-11-14(10-18(24)21(19)31-13-16-4-2-3-9-26-16)12-20-22(28)27(23(29)32-20)17-7-5-15(25)6-8-17/h2-12H,13H2,1H3/b20-12-. The fourth-order valence-corrected chi connectivity index (χ4v) is 4.57. The second-order valence-electron chi connectivity index (χ2n) is 6.64. The van der Waals surface area contributed by atoms with E-state index in [0.29, 0.717) is 37.2 Å². The number of aromatic nitrogens is 1. The largest absolute Gasteiger partial charge is 0.493 e. The molecular formula is C23H16BrClN2O4S. The van der Waals surface area contributed by atoms with Crippen LogP contribution >= 0.6 is 39.3 Å². The molecule has 0 atom stereocenters. The van der Waals surface area contributed by atoms with Gasteiger partial charge >= 0.3 is 0 Å². The molecule has 1 fully saturated rings. The van der Waals surface area contributed by atoms with Crippen molar-refractivity contribution in [3.8, 4) is 11.5 Å². The van der Waals surface area contributed by atoms with Gasteiger partial charge in [-0.05, 0) is 87.9 Å². The first-order chi connectivity index (χ1) is 15.5. The zero-order valence-corrected chi connectivity index (χ0v) is 19.9. The molecule has 1 aliphatic heterocycles. The van der Waals surface area contributed by atoms with Crippen molar-refractivity contribution >= 4 is 62.2 Å². The number of imide groups is 1. The minimum Gasteiger partial charge on any atom is -0.493 e. The Balaban J connectivity index is 1.58. The molecule has 2 amide bonds. The Bertz CT molecular complexity index is 1200. The maximum absolute atomic E-state index is 12.9. The van der Waals surface area contributed by atoms with Crippen LogP contribution in [0.15, 0.2) is 70.2 Å². The molecule has 1 saturated heterocycles. The number of thioether (sulfide) groups is 1. The van der Waals surface area contributed by atoms with Crippen molar-refractivity contribution in [3.05, 3.63) is 86.5 Å². The van der Waals surface area contributed by atoms with E-state index in [0.717, 1.165) is 22.4 Å². The molecular weight excluding hydrogens is 516 g/mol. The normalized spacial score (nSPS) is 14.8. The van der Waals surface area contributed by atoms with Crippen LogP contribution in [-0.2, 0) is 11.4 Å². The molecule has 6 nitrogen and oxygen atoms in total. The van der Waals surface area contributed by atoms with Gasteiger partial charge in [0.15, 0.2) is 11.5 Å². The van der Waals surface area contributed by atoms with Gasteiger partial charge in [0.2, 0.25) is 0 Å². The van der Waals surface area contributed by atoms with E-state index in [2.05, 4.69) is 20.9 Å². The minimum absolute atomic E-state index is 0.273. The van der Waals surface area contributed by atoms with E-state index >= 15 is 0 Å². The van der Waals surface area contributed by atoms with Crippen molar-refractivity contribution in [2.45, 2.75) is 6.61 Å². The Labute approximate surface area is 202 Å². The average molecular weight is 532 g/mol. The third-order valence-electron chi connectivity index (χ3n) is 4.52. The number of ether oxygens (including phenoxy) is 2. The second-order valence-corrected chi connectivity index (χ2v) is 8.92. The van der Waals surface area contributed by atoms with Crippen LogP contribution < -0.4 is 14.4 Å². The first-order valence-corrected chi connectivity index (χ1v) is 11.4. The summed E-state index contributed by atoms with van der Waals surface area (Å²) in [6, 6.07) is 15.7. The fourth-order valence-electron chi connectivity index (χ4n) is 3.02. The quantitative estimate of drug-likeness (QED) is 0.346. The van der Waals surface area contributed by atoms with Crippen LogP contribution in [0.5, 0.6) is 11.5 Å². The molecule has 162 valence electrons. The van der Waals surface area contributed by atoms with Crippen molar-refractivity contribution in [2.75, 3.05) is 12.0 Å². The maximum atomic E-state index is 12.9. The van der Waals surface area contributed by atoms with Crippen molar-refractivity contribution in [2.24, 2.45) is 0 Å². The highest BCUT2D eigenvalue weighted by atomic mass is 79.9. The molecule has 0 aliphatic carbocycles. The zero-order chi connectivity index (χ0) is 22.7. The number of pyridine rings is 1. The topological polar surface area (TPSA) is 68.7 Å². The Morgan fingerprint density at radius 2 is 1.94 bits per heavy atom. The number of hydrogen-bond donors (Lipinski definition) is 0. The lowest BCUT2D eigenvalue weighted by Crippen LogP contribution is -2.27. The van der Waals surface area contributed by atoms with Crippen molar-refractivity contribution in [3.63, 3.8) is 0 Å². The molecule has 9 heteroatoms. The number of hydrogen-bond acceptors (Lipinski definition) is 6. The Hall–Kier alpha value is -2.81. The Morgan fingerprint density at radius 3 is 2.62 bits per heavy atom. The molecule has 0 spiro atoms. The van der Waals surface area contributed by atoms with E-state index in [-0.39, 0.29) is 11.8 Å². The molecule has 0 radical (unpaired) electrons. The number of halogens is 2. The summed E-state index contributed by atoms with van der Waals surface area (Å²) in [5, 5.41) is 0.156. The number of carbonyl (C=O) groups is 2. The molecule has 1 aliphatic rings. The number of amides is 2. The molecule has 0 N–H and O–H groups in total. The van der Waals surface area contributed by atoms with Crippen LogP contribution in [0.25, 0.3) is 6.08 Å². The number of nitrogens with zero attached hydrogens (tertiary/aromatic N) is 2. The summed E-state index contributed by atoms with van der Waals surface area (Å²) in [6.07, 6.45) is 3.35. The molecule has 0 bridgehead atoms. The number of methoxy groups -OCH3 is 1. The Kier molecular flexibility index (Phi) is 6.83. The number of rotatable bonds is 6. The number of anilines is 1. The summed E-state index contributed by atoms with van der Waals surface area (Å²) in [4.78, 5) is 31.0. The number of carbonyl (C=O) groups excluding carboxylic acids is 2. The van der Waals surface area contributed by atoms with Crippen molar-refractivity contribution in [1.29, 1.82) is 0 Å². The molecule has 32 heavy (non-hydrogen) atoms. The van der Waals surface area contributed by atoms with Crippen LogP contribution in [0.3, 0.4) is 0 Å². The van der Waals surface area contributed by atoms with Gasteiger partial charge in [-0.25, -0.2) is 4.90 Å². The van der Waals surface area contributed by atoms with Gasteiger partial charge in [-0.1, -0.05) is 17.7 Å². The third-order valence-corrected chi connectivity index (χ3v) is 6.23. The molecule has 2 aromatic carbocycles. The predicted molar refractivity (Wildman–Crippen MR) is 129 cm³/mol. The van der Waals surface area contributed by atoms with Crippen LogP contribution in [-0.4, -0.2) is 23.2 Å². The SMILES string of the molecule is COc1cc(/C=C2\SC(=O)N(c3ccc(Cl)cc3)C2=O)cc(Br)c1OCc1ccccn1. The predicted octanol–water partition coefficient (Wildman–Crippen LogP) is 6.33. The lowest BCUT2D eigenvalue weighted by Gasteiger charge is -2.14. The summed E-state index contributed by atoms with van der Waals surface area (Å²) < 4.78 is 12.0. The summed E-state index contributed by atoms with van der Waals surface area (Å²) in [5.41, 5.74) is 1.93. The minimum atomic E-state index is -0.395. The third kappa shape index (κ3) is 4.82. The van der Waals surface area contributed by atoms with Gasteiger partial charge < -0.3 is 9.47 Å². The van der Waals surface area contributed by atoms with Gasteiger partial charge in [-0.15, -0.1) is 0 Å². The van der Waals surface area contributed by atoms with Gasteiger partial charge in [0, 0.05) is 11.2 Å². The lowest BCUT2D eigenvalue weighted by molar-refractivity contribution is -0.113. The van der Waals surface area contributed by atoms with Crippen molar-refractivity contribution in [1.82, 2.24) is 4.98 Å². The first kappa shape index (κ1) is 22.4. The first-order valence-electron chi connectivity index (χ1n) is 9.40. The molecule has 3 aromatic rings. The van der Waals surface area contributed by atoms with E-state index in [4.69, 9.17) is 21.1 Å². The monoisotopic (exact) mass is 530 g/mol. The summed E-state index contributed by atoms with van der Waals surface area (Å²) in [7, 11) is 1.54. The maximum Gasteiger partial charge on any atom is 0.298 e. The van der Waals surface area contributed by atoms with Crippen molar-refractivity contribution < 1.29 is 19.1 Å². The van der Waals surface area contributed by atoms with E-state index < -0.39 is 5.91 Å². The van der Waals surface area contributed by atoms with E-state index in [1.807, 2.05) is 18.2 Å². The molecule has 2 heterocycles. The van der Waals surface area contributed by atoms with Gasteiger partial charge in [-0.3, -0.25) is 14.6 Å². The van der Waals surface area contributed by atoms with E-state index in [1.165, 1.54) is 7.11 Å². The van der Waals surface area contributed by atoms with Gasteiger partial charge in [0.1, 0.15) is 6.61 Å². The van der Waals surface area contributed by atoms with E-state index in [1.54, 1.807) is 48.7 Å². The summed E-state index contributed by atoms with van der Waals surface area (Å²) >= 11 is 10.3. The second kappa shape index (κ2) is 9.77. The number of benzene rings is 2. The molecule has 0 unspecified atom stereocenters. The summed E-state index contributed by atoms with van der Waals surface area (Å²) in [5.74, 6) is 0.607. The van der Waals surface area contributed by atoms with Gasteiger partial charge in [0.25, 0.3) is 11.1 Å². The lowest BCUT2D eigenvalue weighted by atomic mass is 10.1. The highest BCUT2D eigenvalue weighted by molar-refractivity contribution is 9.10. The van der Waals surface area contributed by atoms with Crippen LogP contribution in [0.2, 0.25) is 5.02 Å². The van der Waals surface area contributed by atoms with Crippen LogP contribution in [0.1, 0.15) is 11.3 Å². The average Bonchev–Trinajstić information content (AvgIpc) is 3.06. The molecule has 4 rings (SSSR count). The van der Waals surface area contributed by atoms with Gasteiger partial charge in [-0.2, -0.15) is 0 Å². The summed E-state index contributed by atoms with van der Waals surface area (Å²) in [6.45, 7) is 0.273. The van der Waals surface area contributed by atoms with Crippen LogP contribution in [0, 0.1) is 0 Å². The highest BCUT2D eigenvalue weighted by Gasteiger charge is 2.36. The highest BCUT2D eigenvalue weighted by Crippen LogP contribution is 2.40. The molecule has 0 saturated carbocycles. The smallest absolute Gasteiger partial charge is 0.298 e. The van der Waals surface area contributed by atoms with Gasteiger partial charge in [0.05, 0.1) is 27.9 Å². The zero-order valence-electron chi connectivity index (χ0n) is 16.7. The molecule has 1 aromatic heterocycles. The van der Waals surface area contributed by atoms with E-state index in [9.17, 15) is 9.59 Å². The Morgan fingerprint density at radius 1 is 1.16 bits per heavy atom. The van der Waals surface area contributed by atoms with Crippen LogP contribution in [0.4, 0.5) is 10.5 Å². The fraction of sp³-hybridized carbons (Fsp3) is 0.0870.